The van der Waals surface area contributed by atoms with Crippen LogP contribution in [-0.2, 0) is 4.79 Å². The zero-order chi connectivity index (χ0) is 22.2. The molecule has 0 saturated heterocycles. The topological polar surface area (TPSA) is 76.7 Å². The number of carbonyl (C=O) groups is 2. The van der Waals surface area contributed by atoms with E-state index in [0.717, 1.165) is 5.56 Å². The van der Waals surface area contributed by atoms with Crippen LogP contribution in [0.3, 0.4) is 0 Å². The lowest BCUT2D eigenvalue weighted by atomic mass is 10.1. The molecule has 3 rings (SSSR count). The van der Waals surface area contributed by atoms with Crippen LogP contribution in [0.4, 0.5) is 5.69 Å². The molecule has 0 aliphatic rings. The zero-order valence-electron chi connectivity index (χ0n) is 17.8. The molecule has 6 heteroatoms. The van der Waals surface area contributed by atoms with Gasteiger partial charge in [0.25, 0.3) is 11.8 Å². The van der Waals surface area contributed by atoms with E-state index in [4.69, 9.17) is 9.47 Å². The Bertz CT molecular complexity index is 1040. The smallest absolute Gasteiger partial charge is 0.265 e. The average Bonchev–Trinajstić information content (AvgIpc) is 2.80. The second kappa shape index (κ2) is 10.3. The summed E-state index contributed by atoms with van der Waals surface area (Å²) in [6.07, 6.45) is -0.796. The number of nitrogens with one attached hydrogen (secondary N) is 2. The molecule has 0 aliphatic carbocycles. The number of methoxy groups -OCH3 is 1. The molecule has 31 heavy (non-hydrogen) atoms. The van der Waals surface area contributed by atoms with Crippen molar-refractivity contribution in [3.8, 4) is 11.5 Å². The van der Waals surface area contributed by atoms with E-state index in [1.807, 2.05) is 43.3 Å². The number of rotatable bonds is 8. The normalized spacial score (nSPS) is 12.4. The van der Waals surface area contributed by atoms with Gasteiger partial charge < -0.3 is 20.1 Å². The van der Waals surface area contributed by atoms with E-state index in [9.17, 15) is 9.59 Å². The standard InChI is InChI=1S/C25H26N2O4/c1-17(19-11-5-4-6-12-19)26-25(29)20-13-7-8-14-21(20)27-24(28)18(2)31-23-16-10-9-15-22(23)30-3/h4-18H,1-3H3,(H,26,29)(H,27,28)/t17-,18+/m0/s1. The third-order valence-electron chi connectivity index (χ3n) is 4.82. The van der Waals surface area contributed by atoms with Crippen molar-refractivity contribution < 1.29 is 19.1 Å². The Hall–Kier alpha value is -3.80. The van der Waals surface area contributed by atoms with Crippen molar-refractivity contribution in [2.45, 2.75) is 26.0 Å². The van der Waals surface area contributed by atoms with Gasteiger partial charge in [-0.15, -0.1) is 0 Å². The Morgan fingerprint density at radius 1 is 0.806 bits per heavy atom. The minimum absolute atomic E-state index is 0.176. The van der Waals surface area contributed by atoms with Crippen molar-refractivity contribution in [1.82, 2.24) is 5.32 Å². The average molecular weight is 418 g/mol. The van der Waals surface area contributed by atoms with Crippen molar-refractivity contribution >= 4 is 17.5 Å². The van der Waals surface area contributed by atoms with Gasteiger partial charge in [0.05, 0.1) is 24.4 Å². The molecule has 0 bridgehead atoms. The molecular weight excluding hydrogens is 392 g/mol. The number of para-hydroxylation sites is 3. The number of anilines is 1. The third-order valence-corrected chi connectivity index (χ3v) is 4.82. The summed E-state index contributed by atoms with van der Waals surface area (Å²) in [5, 5.41) is 5.77. The van der Waals surface area contributed by atoms with E-state index < -0.39 is 6.10 Å². The fourth-order valence-corrected chi connectivity index (χ4v) is 3.08. The first-order chi connectivity index (χ1) is 15.0. The summed E-state index contributed by atoms with van der Waals surface area (Å²) in [5.74, 6) is 0.361. The van der Waals surface area contributed by atoms with Crippen LogP contribution in [0.2, 0.25) is 0 Å². The predicted octanol–water partition coefficient (Wildman–Crippen LogP) is 4.59. The molecule has 0 radical (unpaired) electrons. The van der Waals surface area contributed by atoms with Gasteiger partial charge in [-0.05, 0) is 43.7 Å². The molecule has 2 N–H and O–H groups in total. The van der Waals surface area contributed by atoms with Crippen LogP contribution in [-0.4, -0.2) is 25.0 Å². The lowest BCUT2D eigenvalue weighted by Gasteiger charge is -2.19. The Balaban J connectivity index is 1.69. The highest BCUT2D eigenvalue weighted by atomic mass is 16.5. The van der Waals surface area contributed by atoms with Gasteiger partial charge in [0.15, 0.2) is 17.6 Å². The van der Waals surface area contributed by atoms with E-state index in [1.165, 1.54) is 7.11 Å². The molecule has 0 heterocycles. The van der Waals surface area contributed by atoms with E-state index in [-0.39, 0.29) is 17.9 Å². The summed E-state index contributed by atoms with van der Waals surface area (Å²) < 4.78 is 11.0. The summed E-state index contributed by atoms with van der Waals surface area (Å²) in [4.78, 5) is 25.6. The lowest BCUT2D eigenvalue weighted by Crippen LogP contribution is -2.32. The number of benzene rings is 3. The Morgan fingerprint density at radius 2 is 1.42 bits per heavy atom. The van der Waals surface area contributed by atoms with Gasteiger partial charge in [0, 0.05) is 0 Å². The SMILES string of the molecule is COc1ccccc1O[C@H](C)C(=O)Nc1ccccc1C(=O)N[C@@H](C)c1ccccc1. The minimum Gasteiger partial charge on any atom is -0.493 e. The van der Waals surface area contributed by atoms with Crippen molar-refractivity contribution in [2.75, 3.05) is 12.4 Å². The molecule has 0 aromatic heterocycles. The Kier molecular flexibility index (Phi) is 7.27. The van der Waals surface area contributed by atoms with E-state index >= 15 is 0 Å². The highest BCUT2D eigenvalue weighted by molar-refractivity contribution is 6.04. The van der Waals surface area contributed by atoms with Gasteiger partial charge in [-0.3, -0.25) is 9.59 Å². The van der Waals surface area contributed by atoms with Gasteiger partial charge >= 0.3 is 0 Å². The molecule has 3 aromatic rings. The van der Waals surface area contributed by atoms with Crippen molar-refractivity contribution in [2.24, 2.45) is 0 Å². The summed E-state index contributed by atoms with van der Waals surface area (Å²) in [6.45, 7) is 3.56. The summed E-state index contributed by atoms with van der Waals surface area (Å²) in [7, 11) is 1.54. The molecule has 0 spiro atoms. The maximum Gasteiger partial charge on any atom is 0.265 e. The van der Waals surface area contributed by atoms with E-state index in [1.54, 1.807) is 49.4 Å². The van der Waals surface area contributed by atoms with Crippen molar-refractivity contribution in [1.29, 1.82) is 0 Å². The van der Waals surface area contributed by atoms with E-state index in [0.29, 0.717) is 22.7 Å². The first-order valence-corrected chi connectivity index (χ1v) is 10.0. The third kappa shape index (κ3) is 5.63. The first kappa shape index (κ1) is 21.9. The van der Waals surface area contributed by atoms with Crippen LogP contribution in [0, 0.1) is 0 Å². The molecule has 160 valence electrons. The largest absolute Gasteiger partial charge is 0.493 e. The molecule has 6 nitrogen and oxygen atoms in total. The second-order valence-electron chi connectivity index (χ2n) is 7.05. The number of hydrogen-bond acceptors (Lipinski definition) is 4. The van der Waals surface area contributed by atoms with Crippen LogP contribution in [0.1, 0.15) is 35.8 Å². The fourth-order valence-electron chi connectivity index (χ4n) is 3.08. The maximum atomic E-state index is 12.9. The predicted molar refractivity (Wildman–Crippen MR) is 120 cm³/mol. The van der Waals surface area contributed by atoms with Crippen LogP contribution in [0.25, 0.3) is 0 Å². The molecular formula is C25H26N2O4. The second-order valence-corrected chi connectivity index (χ2v) is 7.05. The highest BCUT2D eigenvalue weighted by Gasteiger charge is 2.20. The number of amides is 2. The Labute approximate surface area is 182 Å². The maximum absolute atomic E-state index is 12.9. The summed E-state index contributed by atoms with van der Waals surface area (Å²) in [5.41, 5.74) is 1.79. The van der Waals surface area contributed by atoms with Crippen LogP contribution < -0.4 is 20.1 Å². The minimum atomic E-state index is -0.796. The summed E-state index contributed by atoms with van der Waals surface area (Å²) in [6, 6.07) is 23.5. The highest BCUT2D eigenvalue weighted by Crippen LogP contribution is 2.27. The van der Waals surface area contributed by atoms with Crippen molar-refractivity contribution in [3.63, 3.8) is 0 Å². The van der Waals surface area contributed by atoms with Gasteiger partial charge in [-0.1, -0.05) is 54.6 Å². The molecule has 2 amide bonds. The summed E-state index contributed by atoms with van der Waals surface area (Å²) >= 11 is 0. The molecule has 0 unspecified atom stereocenters. The monoisotopic (exact) mass is 418 g/mol. The zero-order valence-corrected chi connectivity index (χ0v) is 17.8. The van der Waals surface area contributed by atoms with Gasteiger partial charge in [0.2, 0.25) is 0 Å². The van der Waals surface area contributed by atoms with Crippen LogP contribution in [0.15, 0.2) is 78.9 Å². The van der Waals surface area contributed by atoms with E-state index in [2.05, 4.69) is 10.6 Å². The number of hydrogen-bond donors (Lipinski definition) is 2. The van der Waals surface area contributed by atoms with Crippen LogP contribution in [0.5, 0.6) is 11.5 Å². The van der Waals surface area contributed by atoms with Gasteiger partial charge in [-0.25, -0.2) is 0 Å². The first-order valence-electron chi connectivity index (χ1n) is 10.0. The Morgan fingerprint density at radius 3 is 2.13 bits per heavy atom. The van der Waals surface area contributed by atoms with Crippen molar-refractivity contribution in [3.05, 3.63) is 90.0 Å². The molecule has 3 aromatic carbocycles. The molecule has 0 aliphatic heterocycles. The molecule has 0 fully saturated rings. The lowest BCUT2D eigenvalue weighted by molar-refractivity contribution is -0.122. The van der Waals surface area contributed by atoms with Gasteiger partial charge in [-0.2, -0.15) is 0 Å². The number of carbonyl (C=O) groups excluding carboxylic acids is 2. The number of ether oxygens (including phenoxy) is 2. The van der Waals surface area contributed by atoms with Gasteiger partial charge in [0.1, 0.15) is 0 Å². The molecule has 0 saturated carbocycles. The fraction of sp³-hybridized carbons (Fsp3) is 0.200. The van der Waals surface area contributed by atoms with Crippen LogP contribution >= 0.6 is 0 Å². The molecule has 2 atom stereocenters. The quantitative estimate of drug-likeness (QED) is 0.561.